The molecule has 16 heavy (non-hydrogen) atoms. The highest BCUT2D eigenvalue weighted by atomic mass is 16.4. The lowest BCUT2D eigenvalue weighted by atomic mass is 10.2. The zero-order chi connectivity index (χ0) is 11.1. The molecule has 0 saturated heterocycles. The summed E-state index contributed by atoms with van der Waals surface area (Å²) in [7, 11) is 0. The molecule has 0 radical (unpaired) electrons. The van der Waals surface area contributed by atoms with E-state index >= 15 is 0 Å². The molecule has 2 N–H and O–H groups in total. The van der Waals surface area contributed by atoms with Crippen LogP contribution >= 0.6 is 0 Å². The molecule has 1 aliphatic rings. The molecule has 0 fully saturated rings. The molecular weight excluding hydrogens is 208 g/mol. The Morgan fingerprint density at radius 2 is 2.38 bits per heavy atom. The highest BCUT2D eigenvalue weighted by Crippen LogP contribution is 2.26. The normalized spacial score (nSPS) is 12.5. The molecule has 6 heteroatoms. The van der Waals surface area contributed by atoms with Crippen molar-refractivity contribution in [2.75, 3.05) is 5.32 Å². The number of rotatable bonds is 1. The van der Waals surface area contributed by atoms with Gasteiger partial charge < -0.3 is 10.4 Å². The van der Waals surface area contributed by atoms with Crippen molar-refractivity contribution in [2.45, 2.75) is 6.54 Å². The Labute approximate surface area is 90.6 Å². The van der Waals surface area contributed by atoms with E-state index in [0.29, 0.717) is 18.1 Å². The van der Waals surface area contributed by atoms with Gasteiger partial charge in [-0.25, -0.2) is 14.8 Å². The van der Waals surface area contributed by atoms with Gasteiger partial charge in [-0.1, -0.05) is 0 Å². The fraction of sp³-hybridized carbons (Fsp3) is 0.100. The average Bonchev–Trinajstić information content (AvgIpc) is 2.73. The first-order valence-corrected chi connectivity index (χ1v) is 4.76. The van der Waals surface area contributed by atoms with Crippen molar-refractivity contribution in [3.8, 4) is 5.82 Å². The van der Waals surface area contributed by atoms with E-state index in [1.165, 1.54) is 6.33 Å². The molecule has 3 rings (SSSR count). The molecule has 0 aromatic carbocycles. The minimum Gasteiger partial charge on any atom is -0.476 e. The van der Waals surface area contributed by atoms with E-state index in [2.05, 4.69) is 15.3 Å². The van der Waals surface area contributed by atoms with E-state index in [-0.39, 0.29) is 5.69 Å². The van der Waals surface area contributed by atoms with E-state index in [0.717, 1.165) is 5.69 Å². The predicted octanol–water partition coefficient (Wildman–Crippen LogP) is 0.891. The molecule has 0 atom stereocenters. The van der Waals surface area contributed by atoms with Crippen LogP contribution in [0.15, 0.2) is 24.7 Å². The fourth-order valence-corrected chi connectivity index (χ4v) is 1.81. The molecule has 6 nitrogen and oxygen atoms in total. The maximum absolute atomic E-state index is 10.9. The molecule has 2 aromatic rings. The fourth-order valence-electron chi connectivity index (χ4n) is 1.81. The molecule has 80 valence electrons. The van der Waals surface area contributed by atoms with Crippen molar-refractivity contribution in [3.63, 3.8) is 0 Å². The van der Waals surface area contributed by atoms with Gasteiger partial charge in [-0.2, -0.15) is 0 Å². The van der Waals surface area contributed by atoms with Crippen LogP contribution in [0.4, 0.5) is 5.69 Å². The summed E-state index contributed by atoms with van der Waals surface area (Å²) < 4.78 is 1.70. The second kappa shape index (κ2) is 3.06. The monoisotopic (exact) mass is 216 g/mol. The molecular formula is C10H8N4O2. The maximum Gasteiger partial charge on any atom is 0.356 e. The number of aromatic nitrogens is 3. The molecule has 3 heterocycles. The number of aromatic carboxylic acids is 1. The van der Waals surface area contributed by atoms with Gasteiger partial charge in [0.25, 0.3) is 0 Å². The predicted molar refractivity (Wildman–Crippen MR) is 55.6 cm³/mol. The number of nitrogens with one attached hydrogen (secondary N) is 1. The summed E-state index contributed by atoms with van der Waals surface area (Å²) in [6.07, 6.45) is 3.15. The largest absolute Gasteiger partial charge is 0.476 e. The van der Waals surface area contributed by atoms with Gasteiger partial charge in [-0.15, -0.1) is 0 Å². The third kappa shape index (κ3) is 1.10. The van der Waals surface area contributed by atoms with Crippen molar-refractivity contribution in [2.24, 2.45) is 0 Å². The van der Waals surface area contributed by atoms with Crippen LogP contribution in [0.3, 0.4) is 0 Å². The van der Waals surface area contributed by atoms with E-state index in [1.807, 2.05) is 12.1 Å². The van der Waals surface area contributed by atoms with Gasteiger partial charge in [0.2, 0.25) is 0 Å². The number of fused-ring (bicyclic) bond motifs is 3. The van der Waals surface area contributed by atoms with E-state index < -0.39 is 5.97 Å². The van der Waals surface area contributed by atoms with Gasteiger partial charge >= 0.3 is 5.97 Å². The summed E-state index contributed by atoms with van der Waals surface area (Å²) in [6.45, 7) is 0.445. The third-order valence-electron chi connectivity index (χ3n) is 2.53. The van der Waals surface area contributed by atoms with Gasteiger partial charge in [0.15, 0.2) is 11.5 Å². The lowest BCUT2D eigenvalue weighted by Crippen LogP contribution is -2.17. The van der Waals surface area contributed by atoms with Crippen molar-refractivity contribution < 1.29 is 9.90 Å². The Hall–Kier alpha value is -2.37. The number of hydrogen-bond acceptors (Lipinski definition) is 4. The smallest absolute Gasteiger partial charge is 0.356 e. The Bertz CT molecular complexity index is 576. The van der Waals surface area contributed by atoms with Crippen molar-refractivity contribution in [1.82, 2.24) is 14.5 Å². The molecule has 2 aromatic heterocycles. The summed E-state index contributed by atoms with van der Waals surface area (Å²) >= 11 is 0. The lowest BCUT2D eigenvalue weighted by Gasteiger charge is -2.19. The lowest BCUT2D eigenvalue weighted by molar-refractivity contribution is 0.0690. The summed E-state index contributed by atoms with van der Waals surface area (Å²) in [5.41, 5.74) is 1.58. The number of carboxylic acids is 1. The number of hydrogen-bond donors (Lipinski definition) is 2. The first kappa shape index (κ1) is 8.90. The van der Waals surface area contributed by atoms with Crippen LogP contribution in [0, 0.1) is 0 Å². The Kier molecular flexibility index (Phi) is 1.70. The minimum absolute atomic E-state index is 0.0730. The molecule has 0 unspecified atom stereocenters. The standard InChI is InChI=1S/C10H8N4O2/c15-10(16)8-7-4-12-6-2-1-3-11-9(6)14(7)5-13-8/h1-3,5,12H,4H2,(H,15,16). The molecule has 0 saturated carbocycles. The zero-order valence-electron chi connectivity index (χ0n) is 8.21. The maximum atomic E-state index is 10.9. The van der Waals surface area contributed by atoms with Crippen LogP contribution < -0.4 is 5.32 Å². The van der Waals surface area contributed by atoms with Crippen molar-refractivity contribution in [1.29, 1.82) is 0 Å². The van der Waals surface area contributed by atoms with Crippen LogP contribution in [-0.2, 0) is 6.54 Å². The quantitative estimate of drug-likeness (QED) is 0.740. The SMILES string of the molecule is O=C(O)c1ncn2c1CNc1cccnc1-2. The number of anilines is 1. The van der Waals surface area contributed by atoms with Gasteiger partial charge in [0, 0.05) is 6.20 Å². The topological polar surface area (TPSA) is 80.0 Å². The van der Waals surface area contributed by atoms with Crippen LogP contribution in [0.2, 0.25) is 0 Å². The summed E-state index contributed by atoms with van der Waals surface area (Å²) in [5, 5.41) is 12.1. The second-order valence-corrected chi connectivity index (χ2v) is 3.44. The summed E-state index contributed by atoms with van der Waals surface area (Å²) in [6, 6.07) is 3.72. The summed E-state index contributed by atoms with van der Waals surface area (Å²) in [4.78, 5) is 19.0. The number of carboxylic acid groups (broad SMARTS) is 1. The number of nitrogens with zero attached hydrogens (tertiary/aromatic N) is 3. The Morgan fingerprint density at radius 3 is 3.19 bits per heavy atom. The summed E-state index contributed by atoms with van der Waals surface area (Å²) in [5.74, 6) is -0.335. The first-order chi connectivity index (χ1) is 7.77. The van der Waals surface area contributed by atoms with E-state index in [9.17, 15) is 4.79 Å². The Morgan fingerprint density at radius 1 is 1.50 bits per heavy atom. The molecule has 0 amide bonds. The second-order valence-electron chi connectivity index (χ2n) is 3.44. The zero-order valence-corrected chi connectivity index (χ0v) is 8.21. The van der Waals surface area contributed by atoms with E-state index in [4.69, 9.17) is 5.11 Å². The van der Waals surface area contributed by atoms with Gasteiger partial charge in [0.1, 0.15) is 6.33 Å². The first-order valence-electron chi connectivity index (χ1n) is 4.76. The number of pyridine rings is 1. The highest BCUT2D eigenvalue weighted by molar-refractivity contribution is 5.87. The van der Waals surface area contributed by atoms with Crippen LogP contribution in [0.5, 0.6) is 0 Å². The van der Waals surface area contributed by atoms with Crippen LogP contribution in [-0.4, -0.2) is 25.6 Å². The van der Waals surface area contributed by atoms with E-state index in [1.54, 1.807) is 10.8 Å². The minimum atomic E-state index is -1.02. The average molecular weight is 216 g/mol. The van der Waals surface area contributed by atoms with Crippen LogP contribution in [0.1, 0.15) is 16.2 Å². The Balaban J connectivity index is 2.23. The molecule has 1 aliphatic heterocycles. The van der Waals surface area contributed by atoms with Gasteiger partial charge in [-0.3, -0.25) is 4.57 Å². The molecule has 0 aliphatic carbocycles. The van der Waals surface area contributed by atoms with Crippen molar-refractivity contribution in [3.05, 3.63) is 36.0 Å². The molecule has 0 bridgehead atoms. The van der Waals surface area contributed by atoms with Gasteiger partial charge in [-0.05, 0) is 12.1 Å². The molecule has 0 spiro atoms. The van der Waals surface area contributed by atoms with Crippen molar-refractivity contribution >= 4 is 11.7 Å². The third-order valence-corrected chi connectivity index (χ3v) is 2.53. The number of carbonyl (C=O) groups is 1. The highest BCUT2D eigenvalue weighted by Gasteiger charge is 2.23. The van der Waals surface area contributed by atoms with Gasteiger partial charge in [0.05, 0.1) is 17.9 Å². The van der Waals surface area contributed by atoms with Crippen LogP contribution in [0.25, 0.3) is 5.82 Å². The number of imidazole rings is 1.